The van der Waals surface area contributed by atoms with Crippen molar-refractivity contribution in [2.75, 3.05) is 0 Å². The summed E-state index contributed by atoms with van der Waals surface area (Å²) >= 11 is 0. The first-order valence-electron chi connectivity index (χ1n) is 6.48. The van der Waals surface area contributed by atoms with Crippen LogP contribution in [0.15, 0.2) is 24.3 Å². The molecule has 2 rings (SSSR count). The average Bonchev–Trinajstić information content (AvgIpc) is 2.68. The quantitative estimate of drug-likeness (QED) is 0.703. The first kappa shape index (κ1) is 14.7. The summed E-state index contributed by atoms with van der Waals surface area (Å²) in [5.74, 6) is -2.38. The van der Waals surface area contributed by atoms with Gasteiger partial charge in [-0.2, -0.15) is 0 Å². The van der Waals surface area contributed by atoms with Gasteiger partial charge >= 0.3 is 0 Å². The number of hydrogen-bond donors (Lipinski definition) is 2. The number of amides is 4. The van der Waals surface area contributed by atoms with E-state index in [0.717, 1.165) is 4.90 Å². The van der Waals surface area contributed by atoms with Crippen LogP contribution in [0.4, 0.5) is 0 Å². The Hall–Kier alpha value is -2.70. The van der Waals surface area contributed by atoms with Crippen LogP contribution in [-0.2, 0) is 9.59 Å². The van der Waals surface area contributed by atoms with Gasteiger partial charge in [0.1, 0.15) is 6.04 Å². The summed E-state index contributed by atoms with van der Waals surface area (Å²) < 4.78 is 0. The molecule has 110 valence electrons. The van der Waals surface area contributed by atoms with E-state index in [1.165, 1.54) is 12.1 Å². The predicted octanol–water partition coefficient (Wildman–Crippen LogP) is -0.208. The molecule has 0 aliphatic carbocycles. The Labute approximate surface area is 120 Å². The Morgan fingerprint density at radius 3 is 2.00 bits per heavy atom. The van der Waals surface area contributed by atoms with Crippen molar-refractivity contribution >= 4 is 23.6 Å². The molecule has 0 bridgehead atoms. The Morgan fingerprint density at radius 2 is 1.57 bits per heavy atom. The van der Waals surface area contributed by atoms with Crippen LogP contribution in [0.2, 0.25) is 0 Å². The number of rotatable bonds is 6. The van der Waals surface area contributed by atoms with E-state index in [-0.39, 0.29) is 30.4 Å². The molecule has 7 heteroatoms. The molecule has 1 heterocycles. The molecule has 0 fully saturated rings. The second kappa shape index (κ2) is 5.74. The van der Waals surface area contributed by atoms with Gasteiger partial charge < -0.3 is 11.5 Å². The molecule has 0 saturated carbocycles. The molecule has 1 aliphatic rings. The van der Waals surface area contributed by atoms with E-state index in [4.69, 9.17) is 11.5 Å². The highest BCUT2D eigenvalue weighted by Crippen LogP contribution is 2.26. The minimum absolute atomic E-state index is 0.0624. The molecule has 0 saturated heterocycles. The maximum atomic E-state index is 12.3. The summed E-state index contributed by atoms with van der Waals surface area (Å²) in [5.41, 5.74) is 10.8. The van der Waals surface area contributed by atoms with Crippen LogP contribution in [0, 0.1) is 0 Å². The minimum Gasteiger partial charge on any atom is -0.370 e. The molecule has 4 amide bonds. The molecular weight excluding hydrogens is 274 g/mol. The third-order valence-electron chi connectivity index (χ3n) is 3.37. The SMILES string of the molecule is NC(=O)CCCC(C(N)=O)N1C(=O)c2ccccc2C1=O. The number of hydrogen-bond acceptors (Lipinski definition) is 4. The number of carbonyl (C=O) groups is 4. The highest BCUT2D eigenvalue weighted by atomic mass is 16.2. The molecule has 4 N–H and O–H groups in total. The Morgan fingerprint density at radius 1 is 1.05 bits per heavy atom. The van der Waals surface area contributed by atoms with Crippen LogP contribution >= 0.6 is 0 Å². The zero-order chi connectivity index (χ0) is 15.6. The van der Waals surface area contributed by atoms with Crippen LogP contribution in [0.3, 0.4) is 0 Å². The molecule has 0 aromatic heterocycles. The van der Waals surface area contributed by atoms with E-state index in [0.29, 0.717) is 0 Å². The molecule has 1 aliphatic heterocycles. The van der Waals surface area contributed by atoms with Crippen LogP contribution in [0.25, 0.3) is 0 Å². The molecule has 21 heavy (non-hydrogen) atoms. The Bertz CT molecular complexity index is 591. The Kier molecular flexibility index (Phi) is 4.02. The lowest BCUT2D eigenvalue weighted by Gasteiger charge is -2.23. The van der Waals surface area contributed by atoms with Crippen LogP contribution in [0.1, 0.15) is 40.0 Å². The van der Waals surface area contributed by atoms with Crippen LogP contribution < -0.4 is 11.5 Å². The lowest BCUT2D eigenvalue weighted by molar-refractivity contribution is -0.122. The maximum Gasteiger partial charge on any atom is 0.262 e. The third kappa shape index (κ3) is 2.76. The minimum atomic E-state index is -1.07. The van der Waals surface area contributed by atoms with E-state index in [2.05, 4.69) is 0 Å². The highest BCUT2D eigenvalue weighted by molar-refractivity contribution is 6.22. The van der Waals surface area contributed by atoms with Gasteiger partial charge in [0.25, 0.3) is 11.8 Å². The van der Waals surface area contributed by atoms with Gasteiger partial charge in [-0.25, -0.2) is 0 Å². The van der Waals surface area contributed by atoms with E-state index in [1.807, 2.05) is 0 Å². The summed E-state index contributed by atoms with van der Waals surface area (Å²) in [6.45, 7) is 0. The van der Waals surface area contributed by atoms with Crippen molar-refractivity contribution in [1.82, 2.24) is 4.90 Å². The van der Waals surface area contributed by atoms with Gasteiger partial charge in [-0.1, -0.05) is 12.1 Å². The fourth-order valence-electron chi connectivity index (χ4n) is 2.36. The summed E-state index contributed by atoms with van der Waals surface area (Å²) in [7, 11) is 0. The first-order chi connectivity index (χ1) is 9.93. The van der Waals surface area contributed by atoms with Crippen LogP contribution in [-0.4, -0.2) is 34.6 Å². The van der Waals surface area contributed by atoms with Gasteiger partial charge in [0.15, 0.2) is 0 Å². The molecule has 1 unspecified atom stereocenters. The number of carbonyl (C=O) groups excluding carboxylic acids is 4. The van der Waals surface area contributed by atoms with Crippen molar-refractivity contribution in [3.8, 4) is 0 Å². The van der Waals surface area contributed by atoms with Crippen LogP contribution in [0.5, 0.6) is 0 Å². The maximum absolute atomic E-state index is 12.3. The van der Waals surface area contributed by atoms with E-state index < -0.39 is 29.7 Å². The zero-order valence-corrected chi connectivity index (χ0v) is 11.2. The first-order valence-corrected chi connectivity index (χ1v) is 6.48. The number of nitrogens with zero attached hydrogens (tertiary/aromatic N) is 1. The average molecular weight is 289 g/mol. The summed E-state index contributed by atoms with van der Waals surface area (Å²) in [5, 5.41) is 0. The molecule has 0 radical (unpaired) electrons. The molecule has 1 atom stereocenters. The van der Waals surface area contributed by atoms with Crippen molar-refractivity contribution in [2.24, 2.45) is 11.5 Å². The fraction of sp³-hybridized carbons (Fsp3) is 0.286. The lowest BCUT2D eigenvalue weighted by atomic mass is 10.1. The number of nitrogens with two attached hydrogens (primary N) is 2. The molecular formula is C14H15N3O4. The summed E-state index contributed by atoms with van der Waals surface area (Å²) in [6.07, 6.45) is 0.451. The number of imide groups is 1. The third-order valence-corrected chi connectivity index (χ3v) is 3.37. The molecule has 1 aromatic carbocycles. The number of primary amides is 2. The van der Waals surface area contributed by atoms with Crippen molar-refractivity contribution < 1.29 is 19.2 Å². The second-order valence-electron chi connectivity index (χ2n) is 4.80. The standard InChI is InChI=1S/C14H15N3O4/c15-11(18)7-3-6-10(12(16)19)17-13(20)8-4-1-2-5-9(8)14(17)21/h1-2,4-5,10H,3,6-7H2,(H2,15,18)(H2,16,19). The van der Waals surface area contributed by atoms with E-state index >= 15 is 0 Å². The van der Waals surface area contributed by atoms with Crippen molar-refractivity contribution in [3.63, 3.8) is 0 Å². The monoisotopic (exact) mass is 289 g/mol. The largest absolute Gasteiger partial charge is 0.370 e. The molecule has 7 nitrogen and oxygen atoms in total. The highest BCUT2D eigenvalue weighted by Gasteiger charge is 2.41. The predicted molar refractivity (Wildman–Crippen MR) is 73.0 cm³/mol. The second-order valence-corrected chi connectivity index (χ2v) is 4.80. The molecule has 0 spiro atoms. The summed E-state index contributed by atoms with van der Waals surface area (Å²) in [4.78, 5) is 47.7. The smallest absolute Gasteiger partial charge is 0.262 e. The topological polar surface area (TPSA) is 124 Å². The number of benzene rings is 1. The summed E-state index contributed by atoms with van der Waals surface area (Å²) in [6, 6.07) is 5.25. The van der Waals surface area contributed by atoms with E-state index in [9.17, 15) is 19.2 Å². The normalized spacial score (nSPS) is 15.0. The van der Waals surface area contributed by atoms with Crippen molar-refractivity contribution in [2.45, 2.75) is 25.3 Å². The van der Waals surface area contributed by atoms with E-state index in [1.54, 1.807) is 12.1 Å². The fourth-order valence-corrected chi connectivity index (χ4v) is 2.36. The van der Waals surface area contributed by atoms with Gasteiger partial charge in [0, 0.05) is 6.42 Å². The van der Waals surface area contributed by atoms with Gasteiger partial charge in [-0.05, 0) is 25.0 Å². The number of fused-ring (bicyclic) bond motifs is 1. The van der Waals surface area contributed by atoms with Gasteiger partial charge in [0.05, 0.1) is 11.1 Å². The Balaban J connectivity index is 2.22. The lowest BCUT2D eigenvalue weighted by Crippen LogP contribution is -2.47. The molecule has 1 aromatic rings. The van der Waals surface area contributed by atoms with Gasteiger partial charge in [-0.3, -0.25) is 24.1 Å². The van der Waals surface area contributed by atoms with Gasteiger partial charge in [0.2, 0.25) is 11.8 Å². The zero-order valence-electron chi connectivity index (χ0n) is 11.2. The van der Waals surface area contributed by atoms with Crippen molar-refractivity contribution in [1.29, 1.82) is 0 Å². The van der Waals surface area contributed by atoms with Crippen molar-refractivity contribution in [3.05, 3.63) is 35.4 Å². The van der Waals surface area contributed by atoms with Gasteiger partial charge in [-0.15, -0.1) is 0 Å².